The first kappa shape index (κ1) is 23.6. The molecule has 2 N–H and O–H groups in total. The quantitative estimate of drug-likeness (QED) is 0.291. The van der Waals surface area contributed by atoms with Crippen LogP contribution in [0.25, 0.3) is 6.08 Å². The molecular formula is C23H29NO7Si. The molecule has 0 amide bonds. The number of rotatable bonds is 6. The van der Waals surface area contributed by atoms with E-state index < -0.39 is 19.7 Å². The number of carbonyl (C=O) groups excluding carboxylic acids is 1. The summed E-state index contributed by atoms with van der Waals surface area (Å²) in [6.45, 7) is 12.5. The highest BCUT2D eigenvalue weighted by Crippen LogP contribution is 2.37. The molecule has 9 heteroatoms. The van der Waals surface area contributed by atoms with E-state index in [0.29, 0.717) is 28.5 Å². The predicted octanol–water partition coefficient (Wildman–Crippen LogP) is 4.48. The van der Waals surface area contributed by atoms with E-state index in [1.807, 2.05) is 0 Å². The van der Waals surface area contributed by atoms with E-state index >= 15 is 0 Å². The summed E-state index contributed by atoms with van der Waals surface area (Å²) in [5.74, 6) is 0.579. The minimum absolute atomic E-state index is 0.0357. The van der Waals surface area contributed by atoms with Gasteiger partial charge >= 0.3 is 5.97 Å². The van der Waals surface area contributed by atoms with Crippen LogP contribution in [0.2, 0.25) is 18.1 Å². The Hall–Kier alpha value is -3.04. The Bertz CT molecular complexity index is 1110. The van der Waals surface area contributed by atoms with Crippen LogP contribution in [-0.4, -0.2) is 21.1 Å². The van der Waals surface area contributed by atoms with Crippen LogP contribution in [0, 0.1) is 0 Å². The van der Waals surface area contributed by atoms with Gasteiger partial charge in [-0.1, -0.05) is 20.8 Å². The molecule has 1 aromatic carbocycles. The molecular weight excluding hydrogens is 430 g/mol. The summed E-state index contributed by atoms with van der Waals surface area (Å²) in [5, 5.41) is 0.0357. The average Bonchev–Trinajstić information content (AvgIpc) is 3.14. The molecule has 0 radical (unpaired) electrons. The van der Waals surface area contributed by atoms with Crippen LogP contribution in [0.5, 0.6) is 17.2 Å². The van der Waals surface area contributed by atoms with Crippen LogP contribution >= 0.6 is 0 Å². The number of hydrogen-bond donors (Lipinski definition) is 1. The van der Waals surface area contributed by atoms with Gasteiger partial charge in [-0.3, -0.25) is 4.79 Å². The van der Waals surface area contributed by atoms with Crippen LogP contribution in [-0.2, 0) is 15.8 Å². The number of nitrogens with two attached hydrogens (primary N) is 1. The molecule has 0 unspecified atom stereocenters. The van der Waals surface area contributed by atoms with E-state index in [1.165, 1.54) is 6.07 Å². The number of nitrogen functional groups attached to an aromatic ring is 1. The maximum atomic E-state index is 12.5. The lowest BCUT2D eigenvalue weighted by Crippen LogP contribution is -2.40. The standard InChI is InChI=1S/C23H29NO7Si/c1-14(7-15-8-19-20(10-17(15)24)29-13-28-19)22(26)31-21-12-27-16(9-18(21)25)11-30-32(5,6)23(2,3)4/h7-10,12H,11,13,24H2,1-6H3. The van der Waals surface area contributed by atoms with E-state index in [9.17, 15) is 9.59 Å². The van der Waals surface area contributed by atoms with Gasteiger partial charge in [0.15, 0.2) is 19.8 Å². The lowest BCUT2D eigenvalue weighted by atomic mass is 10.1. The Balaban J connectivity index is 1.69. The van der Waals surface area contributed by atoms with Crippen molar-refractivity contribution in [3.05, 3.63) is 51.6 Å². The summed E-state index contributed by atoms with van der Waals surface area (Å²) in [7, 11) is -1.99. The van der Waals surface area contributed by atoms with Gasteiger partial charge in [-0.2, -0.15) is 0 Å². The second-order valence-electron chi connectivity index (χ2n) is 9.18. The Morgan fingerprint density at radius 1 is 1.19 bits per heavy atom. The first-order chi connectivity index (χ1) is 14.9. The van der Waals surface area contributed by atoms with E-state index in [1.54, 1.807) is 25.1 Å². The second kappa shape index (κ2) is 8.83. The molecule has 0 aliphatic carbocycles. The Labute approximate surface area is 188 Å². The average molecular weight is 460 g/mol. The van der Waals surface area contributed by atoms with Crippen LogP contribution in [0.3, 0.4) is 0 Å². The molecule has 1 aliphatic heterocycles. The van der Waals surface area contributed by atoms with E-state index in [2.05, 4.69) is 33.9 Å². The molecule has 2 heterocycles. The predicted molar refractivity (Wildman–Crippen MR) is 123 cm³/mol. The van der Waals surface area contributed by atoms with E-state index in [-0.39, 0.29) is 29.8 Å². The highest BCUT2D eigenvalue weighted by molar-refractivity contribution is 6.74. The number of anilines is 1. The summed E-state index contributed by atoms with van der Waals surface area (Å²) in [4.78, 5) is 24.9. The summed E-state index contributed by atoms with van der Waals surface area (Å²) in [6, 6.07) is 4.59. The Morgan fingerprint density at radius 2 is 1.84 bits per heavy atom. The van der Waals surface area contributed by atoms with Gasteiger partial charge in [0.05, 0.1) is 6.61 Å². The number of hydrogen-bond acceptors (Lipinski definition) is 8. The van der Waals surface area contributed by atoms with Gasteiger partial charge in [0, 0.05) is 29.0 Å². The normalized spacial score (nSPS) is 13.9. The first-order valence-electron chi connectivity index (χ1n) is 10.2. The van der Waals surface area contributed by atoms with Gasteiger partial charge in [-0.15, -0.1) is 0 Å². The van der Waals surface area contributed by atoms with Crippen molar-refractivity contribution < 1.29 is 27.8 Å². The Kier molecular flexibility index (Phi) is 6.52. The number of ether oxygens (including phenoxy) is 3. The molecule has 2 aromatic rings. The minimum atomic E-state index is -1.99. The highest BCUT2D eigenvalue weighted by Gasteiger charge is 2.37. The minimum Gasteiger partial charge on any atom is -0.463 e. The molecule has 1 aliphatic rings. The number of fused-ring (bicyclic) bond motifs is 1. The largest absolute Gasteiger partial charge is 0.463 e. The molecule has 3 rings (SSSR count). The fourth-order valence-electron chi connectivity index (χ4n) is 2.63. The van der Waals surface area contributed by atoms with Gasteiger partial charge in [-0.25, -0.2) is 4.79 Å². The number of carbonyl (C=O) groups is 1. The van der Waals surface area contributed by atoms with Crippen molar-refractivity contribution >= 4 is 26.1 Å². The summed E-state index contributed by atoms with van der Waals surface area (Å²) in [6.07, 6.45) is 2.69. The zero-order valence-electron chi connectivity index (χ0n) is 19.2. The van der Waals surface area contributed by atoms with Gasteiger partial charge < -0.3 is 28.8 Å². The highest BCUT2D eigenvalue weighted by atomic mass is 28.4. The monoisotopic (exact) mass is 459 g/mol. The lowest BCUT2D eigenvalue weighted by molar-refractivity contribution is -0.130. The van der Waals surface area contributed by atoms with Crippen molar-refractivity contribution in [2.45, 2.75) is 52.4 Å². The molecule has 0 fully saturated rings. The van der Waals surface area contributed by atoms with Crippen molar-refractivity contribution in [2.24, 2.45) is 0 Å². The first-order valence-corrected chi connectivity index (χ1v) is 13.1. The van der Waals surface area contributed by atoms with E-state index in [0.717, 1.165) is 6.26 Å². The van der Waals surface area contributed by atoms with Gasteiger partial charge in [0.2, 0.25) is 18.0 Å². The van der Waals surface area contributed by atoms with Crippen molar-refractivity contribution in [3.63, 3.8) is 0 Å². The van der Waals surface area contributed by atoms with E-state index in [4.69, 9.17) is 28.8 Å². The maximum absolute atomic E-state index is 12.5. The van der Waals surface area contributed by atoms with Crippen LogP contribution in [0.1, 0.15) is 39.0 Å². The SMILES string of the molecule is CC(=Cc1cc2c(cc1N)OCO2)C(=O)Oc1coc(CO[Si](C)(C)C(C)(C)C)cc1=O. The van der Waals surface area contributed by atoms with Crippen molar-refractivity contribution in [1.82, 2.24) is 0 Å². The fraction of sp³-hybridized carbons (Fsp3) is 0.391. The molecule has 1 aromatic heterocycles. The van der Waals surface area contributed by atoms with Crippen molar-refractivity contribution in [1.29, 1.82) is 0 Å². The summed E-state index contributed by atoms with van der Waals surface area (Å²) >= 11 is 0. The third-order valence-corrected chi connectivity index (χ3v) is 10.2. The van der Waals surface area contributed by atoms with Crippen LogP contribution < -0.4 is 25.4 Å². The van der Waals surface area contributed by atoms with Gasteiger partial charge in [0.25, 0.3) is 0 Å². The fourth-order valence-corrected chi connectivity index (χ4v) is 3.56. The molecule has 172 valence electrons. The van der Waals surface area contributed by atoms with Crippen molar-refractivity contribution in [2.75, 3.05) is 12.5 Å². The van der Waals surface area contributed by atoms with Crippen LogP contribution in [0.4, 0.5) is 5.69 Å². The summed E-state index contributed by atoms with van der Waals surface area (Å²) in [5.41, 5.74) is 6.80. The van der Waals surface area contributed by atoms with Gasteiger partial charge in [0.1, 0.15) is 12.0 Å². The summed E-state index contributed by atoms with van der Waals surface area (Å²) < 4.78 is 27.4. The Morgan fingerprint density at radius 3 is 2.47 bits per heavy atom. The maximum Gasteiger partial charge on any atom is 0.339 e. The molecule has 0 saturated heterocycles. The molecule has 0 spiro atoms. The van der Waals surface area contributed by atoms with Crippen molar-refractivity contribution in [3.8, 4) is 17.2 Å². The molecule has 0 bridgehead atoms. The third-order valence-electron chi connectivity index (χ3n) is 5.71. The van der Waals surface area contributed by atoms with Gasteiger partial charge in [-0.05, 0) is 37.2 Å². The molecule has 0 atom stereocenters. The molecule has 32 heavy (non-hydrogen) atoms. The third kappa shape index (κ3) is 5.23. The lowest BCUT2D eigenvalue weighted by Gasteiger charge is -2.35. The molecule has 0 saturated carbocycles. The topological polar surface area (TPSA) is 110 Å². The van der Waals surface area contributed by atoms with Crippen LogP contribution in [0.15, 0.2) is 39.2 Å². The smallest absolute Gasteiger partial charge is 0.339 e. The zero-order valence-corrected chi connectivity index (χ0v) is 20.2. The number of benzene rings is 1. The number of esters is 1. The molecule has 8 nitrogen and oxygen atoms in total. The zero-order chi connectivity index (χ0) is 23.7. The second-order valence-corrected chi connectivity index (χ2v) is 14.0.